The van der Waals surface area contributed by atoms with Crippen molar-refractivity contribution < 1.29 is 22.4 Å². The van der Waals surface area contributed by atoms with Crippen LogP contribution in [0.5, 0.6) is 0 Å². The number of nitrogens with one attached hydrogen (secondary N) is 1. The van der Waals surface area contributed by atoms with Gasteiger partial charge < -0.3 is 14.5 Å². The monoisotopic (exact) mass is 533 g/mol. The number of thiazole rings is 1. The van der Waals surface area contributed by atoms with Gasteiger partial charge in [0.2, 0.25) is 15.9 Å². The van der Waals surface area contributed by atoms with Gasteiger partial charge in [0.1, 0.15) is 5.58 Å². The van der Waals surface area contributed by atoms with E-state index in [0.29, 0.717) is 37.1 Å². The number of nitrogens with zero attached hydrogens (tertiary/aromatic N) is 2. The highest BCUT2D eigenvalue weighted by molar-refractivity contribution is 7.89. The molecule has 3 aromatic carbocycles. The molecular weight excluding hydrogens is 510 g/mol. The Morgan fingerprint density at radius 2 is 1.81 bits per heavy atom. The summed E-state index contributed by atoms with van der Waals surface area (Å²) in [6, 6.07) is 18.6. The van der Waals surface area contributed by atoms with Gasteiger partial charge in [0.25, 0.3) is 0 Å². The van der Waals surface area contributed by atoms with E-state index in [0.717, 1.165) is 32.9 Å². The quantitative estimate of drug-likeness (QED) is 0.333. The van der Waals surface area contributed by atoms with Gasteiger partial charge in [0.05, 0.1) is 36.5 Å². The highest BCUT2D eigenvalue weighted by atomic mass is 32.2. The molecule has 1 amide bonds. The number of fused-ring (bicyclic) bond motifs is 3. The van der Waals surface area contributed by atoms with Gasteiger partial charge >= 0.3 is 0 Å². The molecule has 0 radical (unpaired) electrons. The lowest BCUT2D eigenvalue weighted by Gasteiger charge is -2.26. The van der Waals surface area contributed by atoms with Crippen LogP contribution in [0.15, 0.2) is 81.6 Å². The van der Waals surface area contributed by atoms with E-state index < -0.39 is 10.0 Å². The zero-order valence-corrected chi connectivity index (χ0v) is 21.3. The van der Waals surface area contributed by atoms with Crippen LogP contribution in [0.4, 0.5) is 5.13 Å². The largest absolute Gasteiger partial charge is 0.464 e. The molecule has 0 atom stereocenters. The summed E-state index contributed by atoms with van der Waals surface area (Å²) in [6.07, 6.45) is 1.79. The normalized spacial score (nSPS) is 14.8. The number of rotatable bonds is 6. The first kappa shape index (κ1) is 23.8. The standard InChI is InChI=1S/C27H23N3O5S2/c31-25(15-20-16-35-24-10-7-18-3-1-2-4-22(18)26(20)24)29-27-28-23(17-36-27)19-5-8-21(9-6-19)37(32,33)30-11-13-34-14-12-30/h1-10,16-17H,11-15H2,(H,28,29,31). The van der Waals surface area contributed by atoms with Crippen molar-refractivity contribution in [2.24, 2.45) is 0 Å². The second-order valence-corrected chi connectivity index (χ2v) is 11.5. The highest BCUT2D eigenvalue weighted by Gasteiger charge is 2.26. The van der Waals surface area contributed by atoms with E-state index in [1.807, 2.05) is 41.8 Å². The van der Waals surface area contributed by atoms with E-state index in [4.69, 9.17) is 9.15 Å². The molecular formula is C27H23N3O5S2. The molecule has 37 heavy (non-hydrogen) atoms. The van der Waals surface area contributed by atoms with Crippen molar-refractivity contribution in [2.75, 3.05) is 31.6 Å². The Morgan fingerprint density at radius 3 is 2.62 bits per heavy atom. The van der Waals surface area contributed by atoms with Gasteiger partial charge in [-0.15, -0.1) is 11.3 Å². The minimum absolute atomic E-state index is 0.157. The van der Waals surface area contributed by atoms with Gasteiger partial charge in [-0.2, -0.15) is 4.31 Å². The molecule has 1 N–H and O–H groups in total. The Hall–Kier alpha value is -3.57. The summed E-state index contributed by atoms with van der Waals surface area (Å²) in [5, 5.41) is 8.27. The molecule has 1 fully saturated rings. The fourth-order valence-electron chi connectivity index (χ4n) is 4.54. The van der Waals surface area contributed by atoms with Crippen LogP contribution in [0, 0.1) is 0 Å². The molecule has 3 heterocycles. The van der Waals surface area contributed by atoms with E-state index in [2.05, 4.69) is 10.3 Å². The number of ether oxygens (including phenoxy) is 1. The lowest BCUT2D eigenvalue weighted by atomic mass is 10.0. The number of sulfonamides is 1. The lowest BCUT2D eigenvalue weighted by molar-refractivity contribution is -0.115. The second kappa shape index (κ2) is 9.71. The van der Waals surface area contributed by atoms with Crippen molar-refractivity contribution in [2.45, 2.75) is 11.3 Å². The van der Waals surface area contributed by atoms with Gasteiger partial charge in [-0.1, -0.05) is 42.5 Å². The zero-order chi connectivity index (χ0) is 25.4. The van der Waals surface area contributed by atoms with Crippen LogP contribution in [0.3, 0.4) is 0 Å². The number of hydrogen-bond acceptors (Lipinski definition) is 7. The predicted octanol–water partition coefficient (Wildman–Crippen LogP) is 4.91. The van der Waals surface area contributed by atoms with Crippen molar-refractivity contribution >= 4 is 54.1 Å². The van der Waals surface area contributed by atoms with E-state index in [-0.39, 0.29) is 17.2 Å². The fraction of sp³-hybridized carbons (Fsp3) is 0.185. The average Bonchev–Trinajstić information content (AvgIpc) is 3.56. The third kappa shape index (κ3) is 4.64. The lowest BCUT2D eigenvalue weighted by Crippen LogP contribution is -2.40. The first-order valence-electron chi connectivity index (χ1n) is 11.8. The summed E-state index contributed by atoms with van der Waals surface area (Å²) in [7, 11) is -3.56. The maximum absolute atomic E-state index is 12.8. The Morgan fingerprint density at radius 1 is 1.03 bits per heavy atom. The molecule has 6 rings (SSSR count). The molecule has 1 aliphatic heterocycles. The fourth-order valence-corrected chi connectivity index (χ4v) is 6.68. The minimum atomic E-state index is -3.56. The number of carbonyl (C=O) groups excluding carboxylic acids is 1. The summed E-state index contributed by atoms with van der Waals surface area (Å²) in [6.45, 7) is 1.50. The van der Waals surface area contributed by atoms with Crippen LogP contribution in [0.2, 0.25) is 0 Å². The Bertz CT molecular complexity index is 1700. The first-order valence-corrected chi connectivity index (χ1v) is 14.1. The highest BCUT2D eigenvalue weighted by Crippen LogP contribution is 2.31. The number of hydrogen-bond donors (Lipinski definition) is 1. The summed E-state index contributed by atoms with van der Waals surface area (Å²) < 4.78 is 38.1. The molecule has 1 aliphatic rings. The van der Waals surface area contributed by atoms with E-state index in [9.17, 15) is 13.2 Å². The first-order chi connectivity index (χ1) is 18.0. The van der Waals surface area contributed by atoms with Crippen molar-refractivity contribution in [1.29, 1.82) is 0 Å². The van der Waals surface area contributed by atoms with Crippen LogP contribution >= 0.6 is 11.3 Å². The van der Waals surface area contributed by atoms with Gasteiger partial charge in [0.15, 0.2) is 5.13 Å². The molecule has 188 valence electrons. The number of anilines is 1. The third-order valence-electron chi connectivity index (χ3n) is 6.40. The Kier molecular flexibility index (Phi) is 6.25. The van der Waals surface area contributed by atoms with Crippen molar-refractivity contribution in [3.63, 3.8) is 0 Å². The second-order valence-electron chi connectivity index (χ2n) is 8.72. The zero-order valence-electron chi connectivity index (χ0n) is 19.7. The maximum Gasteiger partial charge on any atom is 0.243 e. The maximum atomic E-state index is 12.8. The number of amides is 1. The summed E-state index contributed by atoms with van der Waals surface area (Å²) in [5.41, 5.74) is 3.00. The van der Waals surface area contributed by atoms with Crippen molar-refractivity contribution in [3.05, 3.63) is 77.9 Å². The molecule has 0 unspecified atom stereocenters. The smallest absolute Gasteiger partial charge is 0.243 e. The van der Waals surface area contributed by atoms with Crippen LogP contribution in [0.1, 0.15) is 5.56 Å². The third-order valence-corrected chi connectivity index (χ3v) is 9.07. The topological polar surface area (TPSA) is 102 Å². The number of morpholine rings is 1. The summed E-state index contributed by atoms with van der Waals surface area (Å²) in [4.78, 5) is 17.6. The van der Waals surface area contributed by atoms with Crippen molar-refractivity contribution in [3.8, 4) is 11.3 Å². The molecule has 0 spiro atoms. The molecule has 0 saturated carbocycles. The van der Waals surface area contributed by atoms with Gasteiger partial charge in [-0.25, -0.2) is 13.4 Å². The van der Waals surface area contributed by atoms with E-state index in [1.165, 1.54) is 15.6 Å². The summed E-state index contributed by atoms with van der Waals surface area (Å²) >= 11 is 1.32. The molecule has 8 nitrogen and oxygen atoms in total. The Labute approximate surface area is 217 Å². The number of furan rings is 1. The number of aromatic nitrogens is 1. The molecule has 5 aromatic rings. The van der Waals surface area contributed by atoms with Crippen molar-refractivity contribution in [1.82, 2.24) is 9.29 Å². The number of carbonyl (C=O) groups is 1. The van der Waals surface area contributed by atoms with Crippen LogP contribution < -0.4 is 5.32 Å². The molecule has 2 aromatic heterocycles. The molecule has 0 bridgehead atoms. The van der Waals surface area contributed by atoms with Gasteiger partial charge in [-0.3, -0.25) is 4.79 Å². The molecule has 0 aliphatic carbocycles. The number of benzene rings is 3. The van der Waals surface area contributed by atoms with E-state index >= 15 is 0 Å². The van der Waals surface area contributed by atoms with Gasteiger partial charge in [0, 0.05) is 35.0 Å². The summed E-state index contributed by atoms with van der Waals surface area (Å²) in [5.74, 6) is -0.191. The predicted molar refractivity (Wildman–Crippen MR) is 143 cm³/mol. The minimum Gasteiger partial charge on any atom is -0.464 e. The molecule has 10 heteroatoms. The average molecular weight is 534 g/mol. The van der Waals surface area contributed by atoms with Crippen LogP contribution in [0.25, 0.3) is 33.0 Å². The molecule has 1 saturated heterocycles. The van der Waals surface area contributed by atoms with Crippen LogP contribution in [-0.4, -0.2) is 49.9 Å². The Balaban J connectivity index is 1.16. The van der Waals surface area contributed by atoms with Gasteiger partial charge in [-0.05, 0) is 29.0 Å². The van der Waals surface area contributed by atoms with Crippen LogP contribution in [-0.2, 0) is 26.0 Å². The SMILES string of the molecule is O=C(Cc1coc2ccc3ccccc3c12)Nc1nc(-c2ccc(S(=O)(=O)N3CCOCC3)cc2)cs1. The van der Waals surface area contributed by atoms with E-state index in [1.54, 1.807) is 30.5 Å².